The van der Waals surface area contributed by atoms with Gasteiger partial charge in [-0.3, -0.25) is 28.8 Å². The van der Waals surface area contributed by atoms with Crippen LogP contribution in [0.25, 0.3) is 32.7 Å². The van der Waals surface area contributed by atoms with Gasteiger partial charge in [0.05, 0.1) is 112 Å². The molecular formula is C66H68Cl6ILiN9O10-. The van der Waals surface area contributed by atoms with E-state index in [1.807, 2.05) is 68.1 Å². The first-order valence-electron chi connectivity index (χ1n) is 28.8. The Labute approximate surface area is 595 Å². The monoisotopic (exact) mass is 1490 g/mol. The summed E-state index contributed by atoms with van der Waals surface area (Å²) in [6.45, 7) is 9.72. The molecule has 12 rings (SSSR count). The van der Waals surface area contributed by atoms with Crippen molar-refractivity contribution in [3.05, 3.63) is 176 Å². The van der Waals surface area contributed by atoms with E-state index in [4.69, 9.17) is 74.3 Å². The third kappa shape index (κ3) is 16.7. The van der Waals surface area contributed by atoms with Gasteiger partial charge in [-0.15, -0.1) is 10.2 Å². The predicted octanol–water partition coefficient (Wildman–Crippen LogP) is 12.0. The SMILES string of the molecule is C.COC(=O)C1CCN(c2nn(C(=O)c3c(C)cccc3Cl)c3cccc(Cl)c23)CC1.COC(=O)C1CCNCC1.Cc1cccc(Cl)c1C(=O)n1nc(I)c2c(Cl)cccc21.Cc1cccc(Cl)c1C(=O)n1nc(N2CCC(C(=O)O)CC2)c2c(Cl)cccc21.[2H-].[Li+].[OH-]. The number of anilines is 2. The maximum absolute atomic E-state index is 13.4. The minimum atomic E-state index is -0.776. The molecule has 0 saturated carbocycles. The number of rotatable bonds is 8. The van der Waals surface area contributed by atoms with Crippen molar-refractivity contribution >= 4 is 172 Å². The topological polar surface area (TPSA) is 243 Å². The van der Waals surface area contributed by atoms with E-state index in [1.54, 1.807) is 66.7 Å². The summed E-state index contributed by atoms with van der Waals surface area (Å²) in [7, 11) is 2.86. The largest absolute Gasteiger partial charge is 1.00 e. The zero-order valence-corrected chi connectivity index (χ0v) is 57.7. The summed E-state index contributed by atoms with van der Waals surface area (Å²) >= 11 is 40.1. The molecule has 6 aromatic carbocycles. The van der Waals surface area contributed by atoms with Crippen LogP contribution in [-0.2, 0) is 23.9 Å². The van der Waals surface area contributed by atoms with Gasteiger partial charge in [0.25, 0.3) is 17.7 Å². The number of carbonyl (C=O) groups excluding carboxylic acids is 5. The fourth-order valence-electron chi connectivity index (χ4n) is 11.3. The van der Waals surface area contributed by atoms with E-state index in [9.17, 15) is 33.9 Å². The summed E-state index contributed by atoms with van der Waals surface area (Å²) in [5.41, 5.74) is 5.52. The van der Waals surface area contributed by atoms with Gasteiger partial charge in [-0.25, -0.2) is 0 Å². The molecule has 0 atom stereocenters. The molecule has 3 aliphatic rings. The van der Waals surface area contributed by atoms with Crippen LogP contribution in [0.1, 0.15) is 95.1 Å². The van der Waals surface area contributed by atoms with Crippen molar-refractivity contribution in [3.63, 3.8) is 0 Å². The van der Waals surface area contributed by atoms with Crippen molar-refractivity contribution < 1.29 is 69.1 Å². The fourth-order valence-corrected chi connectivity index (χ4v) is 13.9. The number of ether oxygens (including phenoxy) is 2. The Morgan fingerprint density at radius 1 is 0.484 bits per heavy atom. The van der Waals surface area contributed by atoms with Gasteiger partial charge in [-0.1, -0.05) is 132 Å². The summed E-state index contributed by atoms with van der Waals surface area (Å²) < 4.78 is 14.3. The Hall–Kier alpha value is -6.26. The average molecular weight is 1490 g/mol. The van der Waals surface area contributed by atoms with E-state index in [2.05, 4.69) is 52.8 Å². The van der Waals surface area contributed by atoms with Crippen molar-refractivity contribution in [2.75, 3.05) is 63.3 Å². The standard InChI is InChI=1S/C22H21Cl2N3O3.C21H19Cl2N3O3.C15H9Cl2IN2O.C7H13NO2.CH4.Li.H2O.H/c1-13-5-3-6-15(23)18(13)21(28)27-17-8-4-7-16(24)19(17)20(25-27)26-11-9-14(10-12-26)22(29)30-2;1-12-4-2-5-14(22)17(12)20(27)26-16-7-3-6-15(23)18(16)19(24-26)25-10-8-13(9-11-25)21(28)29;1-8-4-2-5-9(16)12(8)15(21)20-11-7-3-6-10(17)13(11)14(18)19-20;1-10-7(9)6-2-4-8-5-3-6;;;;/h3-8,14H,9-12H2,1-2H3;2-7,13H,8-11H2,1H3,(H,28,29);2-7H,1H3;6,8H,2-5H2,1H3;1H4;;1H2;/q;;;;;+1;;-1/p-1/i;;;;;;;1+1. The minimum absolute atomic E-state index is 0. The molecule has 488 valence electrons. The molecule has 27 heteroatoms. The second-order valence-corrected chi connectivity index (χ2v) is 25.2. The van der Waals surface area contributed by atoms with Crippen molar-refractivity contribution in [2.24, 2.45) is 17.8 Å². The Bertz CT molecular complexity index is 4170. The number of hydrogen-bond donors (Lipinski definition) is 2. The van der Waals surface area contributed by atoms with Crippen molar-refractivity contribution in [1.82, 2.24) is 34.7 Å². The molecule has 93 heavy (non-hydrogen) atoms. The molecule has 0 spiro atoms. The van der Waals surface area contributed by atoms with Gasteiger partial charge < -0.3 is 36.6 Å². The number of hydrogen-bond acceptors (Lipinski definition) is 15. The zero-order chi connectivity index (χ0) is 64.7. The number of benzene rings is 6. The Balaban J connectivity index is 0.000000236. The number of nitrogens with one attached hydrogen (secondary N) is 1. The van der Waals surface area contributed by atoms with E-state index in [0.29, 0.717) is 141 Å². The maximum Gasteiger partial charge on any atom is 1.00 e. The summed E-state index contributed by atoms with van der Waals surface area (Å²) in [6, 6.07) is 32.1. The molecule has 3 N–H and O–H groups in total. The van der Waals surface area contributed by atoms with Gasteiger partial charge in [-0.2, -0.15) is 19.1 Å². The van der Waals surface area contributed by atoms with E-state index >= 15 is 0 Å². The summed E-state index contributed by atoms with van der Waals surface area (Å²) in [5.74, 6) is -1.02. The number of esters is 2. The minimum Gasteiger partial charge on any atom is -1.00 e. The van der Waals surface area contributed by atoms with E-state index < -0.39 is 5.97 Å². The zero-order valence-electron chi connectivity index (χ0n) is 52.0. The van der Waals surface area contributed by atoms with Gasteiger partial charge in [0.2, 0.25) is 0 Å². The van der Waals surface area contributed by atoms with E-state index in [-0.39, 0.29) is 80.6 Å². The predicted molar refractivity (Wildman–Crippen MR) is 372 cm³/mol. The Morgan fingerprint density at radius 3 is 1.13 bits per heavy atom. The first kappa shape index (κ1) is 75.8. The molecule has 19 nitrogen and oxygen atoms in total. The summed E-state index contributed by atoms with van der Waals surface area (Å²) in [6.07, 6.45) is 4.20. The van der Waals surface area contributed by atoms with E-state index in [0.717, 1.165) is 48.0 Å². The molecule has 9 aromatic rings. The molecule has 3 fully saturated rings. The number of halogens is 7. The summed E-state index contributed by atoms with van der Waals surface area (Å²) in [5, 5.41) is 30.9. The number of nitrogens with zero attached hydrogens (tertiary/aromatic N) is 8. The number of aryl methyl sites for hydroxylation is 3. The first-order chi connectivity index (χ1) is 43.1. The summed E-state index contributed by atoms with van der Waals surface area (Å²) in [4.78, 5) is 77.6. The van der Waals surface area contributed by atoms with Gasteiger partial charge in [-0.05, 0) is 166 Å². The van der Waals surface area contributed by atoms with Crippen molar-refractivity contribution in [2.45, 2.75) is 66.7 Å². The molecule has 3 aromatic heterocycles. The van der Waals surface area contributed by atoms with Crippen LogP contribution >= 0.6 is 92.2 Å². The number of carboxylic acid groups (broad SMARTS) is 1. The molecule has 3 aliphatic heterocycles. The van der Waals surface area contributed by atoms with Gasteiger partial charge >= 0.3 is 36.8 Å². The second kappa shape index (κ2) is 33.9. The number of carboxylic acids is 1. The second-order valence-electron chi connectivity index (χ2n) is 21.7. The van der Waals surface area contributed by atoms with Gasteiger partial charge in [0.15, 0.2) is 11.6 Å². The van der Waals surface area contributed by atoms with Crippen LogP contribution in [0.3, 0.4) is 0 Å². The van der Waals surface area contributed by atoms with Crippen LogP contribution in [0.5, 0.6) is 0 Å². The van der Waals surface area contributed by atoms with Crippen molar-refractivity contribution in [3.8, 4) is 0 Å². The van der Waals surface area contributed by atoms with Crippen LogP contribution in [0.2, 0.25) is 30.1 Å². The van der Waals surface area contributed by atoms with Crippen LogP contribution in [0.15, 0.2) is 109 Å². The molecule has 6 heterocycles. The third-order valence-corrected chi connectivity index (χ3v) is 18.8. The number of carbonyl (C=O) groups is 6. The Morgan fingerprint density at radius 2 is 0.785 bits per heavy atom. The number of aromatic nitrogens is 6. The molecule has 0 bridgehead atoms. The van der Waals surface area contributed by atoms with Gasteiger partial charge in [0.1, 0.15) is 3.70 Å². The van der Waals surface area contributed by atoms with Crippen LogP contribution in [0, 0.1) is 42.2 Å². The number of fused-ring (bicyclic) bond motifs is 3. The quantitative estimate of drug-likeness (QED) is 0.0816. The van der Waals surface area contributed by atoms with Crippen LogP contribution in [0.4, 0.5) is 11.6 Å². The average Bonchev–Trinajstić information content (AvgIpc) is 1.62. The fraction of sp³-hybridized carbons (Fsp3) is 0.318. The first-order valence-corrected chi connectivity index (χ1v) is 32.2. The number of piperidine rings is 3. The molecule has 0 radical (unpaired) electrons. The maximum atomic E-state index is 13.4. The van der Waals surface area contributed by atoms with Gasteiger partial charge in [0, 0.05) is 26.2 Å². The van der Waals surface area contributed by atoms with Crippen LogP contribution < -0.4 is 34.0 Å². The number of aliphatic carboxylic acids is 1. The molecule has 0 amide bonds. The normalized spacial score (nSPS) is 14.2. The smallest absolute Gasteiger partial charge is 1.00 e. The number of methoxy groups -OCH3 is 2. The third-order valence-electron chi connectivity index (χ3n) is 16.1. The molecule has 0 aliphatic carbocycles. The van der Waals surface area contributed by atoms with Crippen molar-refractivity contribution in [1.29, 1.82) is 0 Å². The Kier molecular flexibility index (Phi) is 27.6. The van der Waals surface area contributed by atoms with Crippen LogP contribution in [-0.4, -0.2) is 129 Å². The molecular weight excluding hydrogens is 1430 g/mol. The molecule has 3 saturated heterocycles. The molecule has 0 unspecified atom stereocenters. The van der Waals surface area contributed by atoms with E-state index in [1.165, 1.54) is 28.3 Å².